The highest BCUT2D eigenvalue weighted by Gasteiger charge is 2.46. The summed E-state index contributed by atoms with van der Waals surface area (Å²) in [7, 11) is -3.27. The number of nitro groups is 1. The van der Waals surface area contributed by atoms with Crippen LogP contribution in [-0.4, -0.2) is 43.6 Å². The first kappa shape index (κ1) is 19.7. The zero-order chi connectivity index (χ0) is 19.8. The number of sulfone groups is 1. The van der Waals surface area contributed by atoms with Crippen molar-refractivity contribution in [1.29, 1.82) is 0 Å². The van der Waals surface area contributed by atoms with E-state index in [0.29, 0.717) is 19.3 Å². The van der Waals surface area contributed by atoms with Gasteiger partial charge in [-0.1, -0.05) is 12.1 Å². The lowest BCUT2D eigenvalue weighted by molar-refractivity contribution is -0.528. The molecule has 0 bridgehead atoms. The molecule has 1 heterocycles. The Morgan fingerprint density at radius 3 is 2.52 bits per heavy atom. The van der Waals surface area contributed by atoms with E-state index in [9.17, 15) is 23.3 Å². The topological polar surface area (TPSA) is 130 Å². The van der Waals surface area contributed by atoms with Gasteiger partial charge in [-0.2, -0.15) is 0 Å². The Kier molecular flexibility index (Phi) is 5.50. The number of hydrogen-bond acceptors (Lipinski definition) is 7. The van der Waals surface area contributed by atoms with Crippen LogP contribution in [0, 0.1) is 16.0 Å². The number of nitrogens with zero attached hydrogens (tertiary/aromatic N) is 1. The molecule has 1 saturated carbocycles. The summed E-state index contributed by atoms with van der Waals surface area (Å²) in [6.07, 6.45) is 2.69. The molecule has 5 atom stereocenters. The van der Waals surface area contributed by atoms with Crippen LogP contribution in [0.4, 0.5) is 0 Å². The normalized spacial score (nSPS) is 29.0. The van der Waals surface area contributed by atoms with Gasteiger partial charge in [-0.15, -0.1) is 0 Å². The number of rotatable bonds is 5. The molecule has 0 spiro atoms. The van der Waals surface area contributed by atoms with E-state index in [4.69, 9.17) is 0 Å². The molecule has 148 valence electrons. The summed E-state index contributed by atoms with van der Waals surface area (Å²) in [5.41, 5.74) is 6.85. The van der Waals surface area contributed by atoms with Crippen LogP contribution < -0.4 is 16.2 Å². The van der Waals surface area contributed by atoms with E-state index < -0.39 is 21.9 Å². The highest BCUT2D eigenvalue weighted by molar-refractivity contribution is 7.90. The van der Waals surface area contributed by atoms with E-state index in [1.807, 2.05) is 6.92 Å². The third kappa shape index (κ3) is 4.28. The molecule has 2 fully saturated rings. The van der Waals surface area contributed by atoms with Crippen LogP contribution in [0.5, 0.6) is 0 Å². The van der Waals surface area contributed by atoms with Crippen molar-refractivity contribution < 1.29 is 18.1 Å². The van der Waals surface area contributed by atoms with Crippen LogP contribution in [0.25, 0.3) is 0 Å². The van der Waals surface area contributed by atoms with Crippen LogP contribution in [-0.2, 0) is 14.6 Å². The van der Waals surface area contributed by atoms with Crippen molar-refractivity contribution in [2.24, 2.45) is 5.92 Å². The van der Waals surface area contributed by atoms with Gasteiger partial charge < -0.3 is 5.32 Å². The van der Waals surface area contributed by atoms with Crippen molar-refractivity contribution >= 4 is 15.7 Å². The number of benzene rings is 1. The van der Waals surface area contributed by atoms with Crippen LogP contribution in [0.15, 0.2) is 29.2 Å². The number of fused-ring (bicyclic) bond motifs is 1. The van der Waals surface area contributed by atoms with Gasteiger partial charge in [-0.05, 0) is 31.0 Å². The lowest BCUT2D eigenvalue weighted by Crippen LogP contribution is -2.47. The van der Waals surface area contributed by atoms with E-state index in [0.717, 1.165) is 11.8 Å². The number of hydrazine groups is 1. The maximum Gasteiger partial charge on any atom is 0.239 e. The molecule has 0 aromatic heterocycles. The fourth-order valence-corrected chi connectivity index (χ4v) is 4.51. The van der Waals surface area contributed by atoms with Gasteiger partial charge >= 0.3 is 0 Å². The summed E-state index contributed by atoms with van der Waals surface area (Å²) in [6, 6.07) is 4.98. The third-order valence-electron chi connectivity index (χ3n) is 5.47. The quantitative estimate of drug-likeness (QED) is 0.489. The van der Waals surface area contributed by atoms with E-state index in [2.05, 4.69) is 16.2 Å². The second-order valence-corrected chi connectivity index (χ2v) is 9.38. The first-order valence-electron chi connectivity index (χ1n) is 8.91. The Morgan fingerprint density at radius 1 is 1.26 bits per heavy atom. The molecule has 0 radical (unpaired) electrons. The Hall–Kier alpha value is -2.04. The van der Waals surface area contributed by atoms with E-state index in [1.165, 1.54) is 12.1 Å². The van der Waals surface area contributed by atoms with Crippen molar-refractivity contribution in [2.75, 3.05) is 6.26 Å². The van der Waals surface area contributed by atoms with Crippen LogP contribution in [0.1, 0.15) is 37.8 Å². The largest absolute Gasteiger partial charge is 0.348 e. The monoisotopic (exact) mass is 396 g/mol. The van der Waals surface area contributed by atoms with Crippen LogP contribution >= 0.6 is 0 Å². The van der Waals surface area contributed by atoms with Crippen molar-refractivity contribution in [3.05, 3.63) is 39.9 Å². The first-order valence-corrected chi connectivity index (χ1v) is 10.8. The second kappa shape index (κ2) is 7.53. The van der Waals surface area contributed by atoms with E-state index in [-0.39, 0.29) is 33.7 Å². The molecule has 9 nitrogen and oxygen atoms in total. The van der Waals surface area contributed by atoms with Gasteiger partial charge in [0.1, 0.15) is 6.04 Å². The van der Waals surface area contributed by atoms with Crippen molar-refractivity contribution in [3.8, 4) is 0 Å². The molecule has 1 aliphatic carbocycles. The minimum absolute atomic E-state index is 0.0568. The summed E-state index contributed by atoms with van der Waals surface area (Å²) >= 11 is 0. The number of carbonyl (C=O) groups excluding carboxylic acids is 1. The predicted octanol–water partition coefficient (Wildman–Crippen LogP) is 0.558. The minimum atomic E-state index is -3.27. The summed E-state index contributed by atoms with van der Waals surface area (Å²) in [5, 5.41) is 14.0. The summed E-state index contributed by atoms with van der Waals surface area (Å²) < 4.78 is 23.1. The van der Waals surface area contributed by atoms with E-state index in [1.54, 1.807) is 12.1 Å². The number of hydrogen-bond donors (Lipinski definition) is 3. The fourth-order valence-electron chi connectivity index (χ4n) is 3.88. The molecule has 3 rings (SSSR count). The maximum absolute atomic E-state index is 12.7. The molecule has 1 amide bonds. The smallest absolute Gasteiger partial charge is 0.239 e. The van der Waals surface area contributed by atoms with Gasteiger partial charge in [0.25, 0.3) is 0 Å². The zero-order valence-corrected chi connectivity index (χ0v) is 16.0. The predicted molar refractivity (Wildman–Crippen MR) is 98.1 cm³/mol. The fraction of sp³-hybridized carbons (Fsp3) is 0.588. The SMILES string of the molecule is CC(NC(=O)C1NNC2CCC([N+](=O)[O-])CC21)c1ccc(S(C)(=O)=O)cc1. The zero-order valence-electron chi connectivity index (χ0n) is 15.2. The number of nitrogens with one attached hydrogen (secondary N) is 3. The molecular formula is C17H24N4O5S. The maximum atomic E-state index is 12.7. The summed E-state index contributed by atoms with van der Waals surface area (Å²) in [4.78, 5) is 23.8. The van der Waals surface area contributed by atoms with Crippen LogP contribution in [0.2, 0.25) is 0 Å². The molecule has 1 aromatic rings. The van der Waals surface area contributed by atoms with Crippen molar-refractivity contribution in [1.82, 2.24) is 16.2 Å². The van der Waals surface area contributed by atoms with Gasteiger partial charge in [-0.3, -0.25) is 20.3 Å². The Bertz CT molecular complexity index is 826. The highest BCUT2D eigenvalue weighted by Crippen LogP contribution is 2.32. The Labute approximate surface area is 157 Å². The Morgan fingerprint density at radius 2 is 1.93 bits per heavy atom. The van der Waals surface area contributed by atoms with Gasteiger partial charge in [0.05, 0.1) is 10.9 Å². The van der Waals surface area contributed by atoms with Crippen molar-refractivity contribution in [2.45, 2.75) is 55.2 Å². The van der Waals surface area contributed by atoms with Gasteiger partial charge in [0.15, 0.2) is 9.84 Å². The molecule has 1 aliphatic heterocycles. The lowest BCUT2D eigenvalue weighted by atomic mass is 9.79. The average molecular weight is 396 g/mol. The highest BCUT2D eigenvalue weighted by atomic mass is 32.2. The minimum Gasteiger partial charge on any atom is -0.348 e. The van der Waals surface area contributed by atoms with Gasteiger partial charge in [0, 0.05) is 36.0 Å². The third-order valence-corrected chi connectivity index (χ3v) is 6.60. The number of carbonyl (C=O) groups is 1. The average Bonchev–Trinajstić information content (AvgIpc) is 3.04. The van der Waals surface area contributed by atoms with E-state index >= 15 is 0 Å². The standard InChI is InChI=1S/C17H24N4O5S/c1-10(11-3-6-13(7-4-11)27(2,25)26)18-17(22)16-14-9-12(21(23)24)5-8-15(14)19-20-16/h3-4,6-7,10,12,14-16,19-20H,5,8-9H2,1-2H3,(H,18,22). The molecule has 1 saturated heterocycles. The van der Waals surface area contributed by atoms with Crippen molar-refractivity contribution in [3.63, 3.8) is 0 Å². The summed E-state index contributed by atoms with van der Waals surface area (Å²) in [6.45, 7) is 1.81. The molecule has 1 aromatic carbocycles. The number of amides is 1. The molecule has 5 unspecified atom stereocenters. The molecule has 27 heavy (non-hydrogen) atoms. The molecule has 10 heteroatoms. The van der Waals surface area contributed by atoms with Gasteiger partial charge in [-0.25, -0.2) is 13.8 Å². The van der Waals surface area contributed by atoms with Gasteiger partial charge in [0.2, 0.25) is 11.9 Å². The lowest BCUT2D eigenvalue weighted by Gasteiger charge is -2.29. The Balaban J connectivity index is 1.65. The molecule has 2 aliphatic rings. The molecule has 3 N–H and O–H groups in total. The second-order valence-electron chi connectivity index (χ2n) is 7.36. The summed E-state index contributed by atoms with van der Waals surface area (Å²) in [5.74, 6) is -0.354. The molecular weight excluding hydrogens is 372 g/mol. The van der Waals surface area contributed by atoms with Crippen LogP contribution in [0.3, 0.4) is 0 Å². The first-order chi connectivity index (χ1) is 12.7.